The van der Waals surface area contributed by atoms with Gasteiger partial charge in [0.15, 0.2) is 6.29 Å². The van der Waals surface area contributed by atoms with Crippen molar-refractivity contribution in [2.45, 2.75) is 121 Å². The van der Waals surface area contributed by atoms with Crippen LogP contribution >= 0.6 is 0 Å². The molecule has 13 atom stereocenters. The smallest absolute Gasteiger partial charge is 0.331 e. The Kier molecular flexibility index (Phi) is 6.37. The van der Waals surface area contributed by atoms with Gasteiger partial charge in [-0.05, 0) is 93.0 Å². The molecule has 37 heavy (non-hydrogen) atoms. The van der Waals surface area contributed by atoms with E-state index in [0.29, 0.717) is 18.8 Å². The van der Waals surface area contributed by atoms with Crippen molar-refractivity contribution in [3.8, 4) is 0 Å². The van der Waals surface area contributed by atoms with Gasteiger partial charge < -0.3 is 34.6 Å². The van der Waals surface area contributed by atoms with Gasteiger partial charge in [-0.25, -0.2) is 4.79 Å². The number of ether oxygens (including phenoxy) is 3. The summed E-state index contributed by atoms with van der Waals surface area (Å²) >= 11 is 0. The number of aliphatic hydroxyl groups is 4. The van der Waals surface area contributed by atoms with E-state index in [1.807, 2.05) is 6.92 Å². The van der Waals surface area contributed by atoms with Crippen molar-refractivity contribution in [2.75, 3.05) is 6.61 Å². The number of rotatable bonds is 3. The number of carbonyl (C=O) groups excluding carboxylic acids is 1. The van der Waals surface area contributed by atoms with E-state index in [9.17, 15) is 25.2 Å². The van der Waals surface area contributed by atoms with Crippen LogP contribution in [0.2, 0.25) is 0 Å². The standard InChI is InChI=1S/C29H44O8/c1-15-26(33)22(30)13-25(36-15)37-18-6-8-27(2)17(11-18)4-5-20-21(27)12-23(31)28(3)19(7-9-29(20,28)34)16-10-24(32)35-14-16/h10,15,17-23,25-26,30-31,33-34H,4-9,11-14H2,1-3H3/t15-,17-,18+,19-,20-,21+,22+,23-,25-,26-,27+,28+,29+/m1/s1. The first-order valence-corrected chi connectivity index (χ1v) is 14.4. The van der Waals surface area contributed by atoms with Gasteiger partial charge in [0.05, 0.1) is 30.0 Å². The van der Waals surface area contributed by atoms with Crippen molar-refractivity contribution < 1.29 is 39.4 Å². The molecule has 208 valence electrons. The first kappa shape index (κ1) is 26.2. The Hall–Kier alpha value is -1.03. The van der Waals surface area contributed by atoms with Crippen molar-refractivity contribution in [2.24, 2.45) is 34.5 Å². The highest BCUT2D eigenvalue weighted by atomic mass is 16.7. The summed E-state index contributed by atoms with van der Waals surface area (Å²) < 4.78 is 17.4. The average Bonchev–Trinajstić information content (AvgIpc) is 3.39. The molecule has 6 aliphatic rings. The highest BCUT2D eigenvalue weighted by molar-refractivity contribution is 5.85. The molecular formula is C29H44O8. The third kappa shape index (κ3) is 3.80. The van der Waals surface area contributed by atoms with Gasteiger partial charge in [0.25, 0.3) is 0 Å². The van der Waals surface area contributed by atoms with Crippen molar-refractivity contribution in [1.82, 2.24) is 0 Å². The molecule has 2 aliphatic heterocycles. The second-order valence-electron chi connectivity index (χ2n) is 13.5. The van der Waals surface area contributed by atoms with Crippen molar-refractivity contribution in [3.63, 3.8) is 0 Å². The molecule has 0 bridgehead atoms. The van der Waals surface area contributed by atoms with Crippen LogP contribution in [0.5, 0.6) is 0 Å². The topological polar surface area (TPSA) is 126 Å². The maximum absolute atomic E-state index is 12.4. The second kappa shape index (κ2) is 9.00. The Morgan fingerprint density at radius 1 is 1.00 bits per heavy atom. The summed E-state index contributed by atoms with van der Waals surface area (Å²) in [7, 11) is 0. The third-order valence-electron chi connectivity index (χ3n) is 12.0. The highest BCUT2D eigenvalue weighted by Gasteiger charge is 2.70. The maximum Gasteiger partial charge on any atom is 0.331 e. The van der Waals surface area contributed by atoms with E-state index in [1.54, 1.807) is 13.0 Å². The van der Waals surface area contributed by atoms with E-state index < -0.39 is 41.7 Å². The van der Waals surface area contributed by atoms with Gasteiger partial charge in [-0.3, -0.25) is 0 Å². The number of hydrogen-bond acceptors (Lipinski definition) is 8. The number of cyclic esters (lactones) is 1. The quantitative estimate of drug-likeness (QED) is 0.330. The minimum Gasteiger partial charge on any atom is -0.458 e. The molecule has 0 spiro atoms. The Morgan fingerprint density at radius 3 is 2.49 bits per heavy atom. The molecule has 0 aromatic rings. The molecule has 0 aromatic carbocycles. The fourth-order valence-electron chi connectivity index (χ4n) is 9.80. The lowest BCUT2D eigenvalue weighted by atomic mass is 9.42. The predicted octanol–water partition coefficient (Wildman–Crippen LogP) is 2.46. The zero-order valence-electron chi connectivity index (χ0n) is 22.3. The molecule has 4 N–H and O–H groups in total. The van der Waals surface area contributed by atoms with Crippen LogP contribution in [-0.2, 0) is 19.0 Å². The maximum atomic E-state index is 12.4. The van der Waals surface area contributed by atoms with Crippen LogP contribution in [0.1, 0.15) is 78.6 Å². The van der Waals surface area contributed by atoms with Crippen LogP contribution in [0.15, 0.2) is 11.6 Å². The van der Waals surface area contributed by atoms with Gasteiger partial charge in [-0.15, -0.1) is 0 Å². The average molecular weight is 521 g/mol. The monoisotopic (exact) mass is 520 g/mol. The summed E-state index contributed by atoms with van der Waals surface area (Å²) in [4.78, 5) is 11.8. The summed E-state index contributed by atoms with van der Waals surface area (Å²) in [6.45, 7) is 6.44. The summed E-state index contributed by atoms with van der Waals surface area (Å²) in [6.07, 6.45) is 5.37. The fraction of sp³-hybridized carbons (Fsp3) is 0.897. The van der Waals surface area contributed by atoms with E-state index in [1.165, 1.54) is 0 Å². The van der Waals surface area contributed by atoms with Crippen molar-refractivity contribution in [1.29, 1.82) is 0 Å². The Morgan fingerprint density at radius 2 is 1.78 bits per heavy atom. The summed E-state index contributed by atoms with van der Waals surface area (Å²) in [5.41, 5.74) is -0.703. The first-order chi connectivity index (χ1) is 17.5. The largest absolute Gasteiger partial charge is 0.458 e. The van der Waals surface area contributed by atoms with E-state index in [2.05, 4.69) is 6.92 Å². The molecule has 0 radical (unpaired) electrons. The van der Waals surface area contributed by atoms with E-state index in [4.69, 9.17) is 14.2 Å². The summed E-state index contributed by atoms with van der Waals surface area (Å²) in [5, 5.41) is 44.2. The Balaban J connectivity index is 1.18. The van der Waals surface area contributed by atoms with Gasteiger partial charge in [-0.1, -0.05) is 13.8 Å². The van der Waals surface area contributed by atoms with Gasteiger partial charge in [-0.2, -0.15) is 0 Å². The molecule has 4 aliphatic carbocycles. The minimum atomic E-state index is -0.961. The Labute approximate surface area is 219 Å². The fourth-order valence-corrected chi connectivity index (χ4v) is 9.80. The van der Waals surface area contributed by atoms with Crippen molar-refractivity contribution in [3.05, 3.63) is 11.6 Å². The van der Waals surface area contributed by atoms with E-state index in [-0.39, 0.29) is 48.3 Å². The molecule has 1 saturated heterocycles. The lowest BCUT2D eigenvalue weighted by molar-refractivity contribution is -0.274. The zero-order valence-corrected chi connectivity index (χ0v) is 22.3. The second-order valence-corrected chi connectivity index (χ2v) is 13.5. The molecule has 8 heteroatoms. The molecule has 0 unspecified atom stereocenters. The molecule has 0 amide bonds. The molecule has 8 nitrogen and oxygen atoms in total. The van der Waals surface area contributed by atoms with Crippen LogP contribution in [0, 0.1) is 34.5 Å². The van der Waals surface area contributed by atoms with Crippen LogP contribution in [0.4, 0.5) is 0 Å². The number of aliphatic hydroxyl groups excluding tert-OH is 3. The first-order valence-electron chi connectivity index (χ1n) is 14.4. The lowest BCUT2D eigenvalue weighted by Gasteiger charge is -2.65. The third-order valence-corrected chi connectivity index (χ3v) is 12.0. The zero-order chi connectivity index (χ0) is 26.3. The van der Waals surface area contributed by atoms with Crippen molar-refractivity contribution >= 4 is 5.97 Å². The number of carbonyl (C=O) groups is 1. The van der Waals surface area contributed by atoms with Crippen LogP contribution in [-0.4, -0.2) is 75.4 Å². The van der Waals surface area contributed by atoms with Gasteiger partial charge in [0.1, 0.15) is 12.7 Å². The van der Waals surface area contributed by atoms with Crippen LogP contribution in [0.25, 0.3) is 0 Å². The van der Waals surface area contributed by atoms with E-state index in [0.717, 1.165) is 44.1 Å². The molecular weight excluding hydrogens is 476 g/mol. The highest BCUT2D eigenvalue weighted by Crippen LogP contribution is 2.70. The molecule has 5 fully saturated rings. The van der Waals surface area contributed by atoms with Gasteiger partial charge in [0, 0.05) is 17.9 Å². The molecule has 2 heterocycles. The summed E-state index contributed by atoms with van der Waals surface area (Å²) in [6, 6.07) is 0. The molecule has 0 aromatic heterocycles. The summed E-state index contributed by atoms with van der Waals surface area (Å²) in [5.74, 6) is 0.439. The number of hydrogen-bond donors (Lipinski definition) is 4. The minimum absolute atomic E-state index is 0.0149. The van der Waals surface area contributed by atoms with E-state index >= 15 is 0 Å². The number of fused-ring (bicyclic) bond motifs is 5. The normalized spacial score (nSPS) is 55.6. The lowest BCUT2D eigenvalue weighted by Crippen LogP contribution is -2.67. The molecule has 4 saturated carbocycles. The predicted molar refractivity (Wildman–Crippen MR) is 133 cm³/mol. The number of esters is 1. The van der Waals surface area contributed by atoms with Crippen LogP contribution < -0.4 is 0 Å². The SMILES string of the molecule is C[C@H]1O[C@H](O[C@H]2CC[C@@]3(C)[C@H](CC[C@@H]4[C@@H]3C[C@@H](O)[C@]3(C)[C@@H](C5=CC(=O)OC5)CC[C@]43O)C2)C[C@H](O)[C@@H]1O. The van der Waals surface area contributed by atoms with Gasteiger partial charge in [0.2, 0.25) is 0 Å². The van der Waals surface area contributed by atoms with Gasteiger partial charge >= 0.3 is 5.97 Å². The molecule has 6 rings (SSSR count). The Bertz CT molecular complexity index is 940. The van der Waals surface area contributed by atoms with Crippen LogP contribution in [0.3, 0.4) is 0 Å².